The Hall–Kier alpha value is -1.06. The molecule has 94 valence electrons. The third kappa shape index (κ3) is 3.20. The lowest BCUT2D eigenvalue weighted by atomic mass is 9.97. The van der Waals surface area contributed by atoms with Crippen molar-refractivity contribution in [3.8, 4) is 5.75 Å². The van der Waals surface area contributed by atoms with Gasteiger partial charge in [0.2, 0.25) is 0 Å². The van der Waals surface area contributed by atoms with Crippen LogP contribution in [0, 0.1) is 0 Å². The highest BCUT2D eigenvalue weighted by atomic mass is 16.5. The standard InChI is InChI=1S/C14H20O3/c1-14(2,15)12-7-3-4-8-13(12)17-11-6-5-9-16-10-11/h3-4,7-8,11,15H,5-6,9-10H2,1-2H3. The second-order valence-corrected chi connectivity index (χ2v) is 5.01. The molecule has 0 aliphatic carbocycles. The van der Waals surface area contributed by atoms with Crippen LogP contribution in [0.1, 0.15) is 32.3 Å². The maximum atomic E-state index is 10.1. The maximum absolute atomic E-state index is 10.1. The van der Waals surface area contributed by atoms with Gasteiger partial charge in [-0.3, -0.25) is 0 Å². The molecule has 1 aliphatic heterocycles. The van der Waals surface area contributed by atoms with Crippen LogP contribution in [0.3, 0.4) is 0 Å². The molecule has 2 rings (SSSR count). The summed E-state index contributed by atoms with van der Waals surface area (Å²) in [5.74, 6) is 0.760. The molecule has 0 saturated carbocycles. The van der Waals surface area contributed by atoms with Gasteiger partial charge in [-0.1, -0.05) is 18.2 Å². The Morgan fingerprint density at radius 2 is 2.12 bits per heavy atom. The van der Waals surface area contributed by atoms with Crippen molar-refractivity contribution in [1.82, 2.24) is 0 Å². The Labute approximate surface area is 102 Å². The summed E-state index contributed by atoms with van der Waals surface area (Å²) in [6.45, 7) is 5.01. The molecule has 1 fully saturated rings. The minimum absolute atomic E-state index is 0.104. The first-order valence-corrected chi connectivity index (χ1v) is 6.13. The molecule has 0 spiro atoms. The molecule has 1 aromatic carbocycles. The van der Waals surface area contributed by atoms with Gasteiger partial charge in [0.15, 0.2) is 0 Å². The number of benzene rings is 1. The molecular formula is C14H20O3. The number of para-hydroxylation sites is 1. The van der Waals surface area contributed by atoms with Crippen LogP contribution < -0.4 is 4.74 Å². The smallest absolute Gasteiger partial charge is 0.125 e. The second-order valence-electron chi connectivity index (χ2n) is 5.01. The molecular weight excluding hydrogens is 216 g/mol. The first-order chi connectivity index (χ1) is 8.07. The van der Waals surface area contributed by atoms with Crippen molar-refractivity contribution in [3.05, 3.63) is 29.8 Å². The first kappa shape index (κ1) is 12.4. The lowest BCUT2D eigenvalue weighted by Crippen LogP contribution is -2.29. The number of rotatable bonds is 3. The molecule has 3 heteroatoms. The quantitative estimate of drug-likeness (QED) is 0.876. The van der Waals surface area contributed by atoms with E-state index >= 15 is 0 Å². The number of aliphatic hydroxyl groups is 1. The van der Waals surface area contributed by atoms with Crippen LogP contribution in [0.4, 0.5) is 0 Å². The summed E-state index contributed by atoms with van der Waals surface area (Å²) in [4.78, 5) is 0. The fourth-order valence-electron chi connectivity index (χ4n) is 2.06. The number of ether oxygens (including phenoxy) is 2. The van der Waals surface area contributed by atoms with E-state index in [9.17, 15) is 5.11 Å². The number of hydrogen-bond acceptors (Lipinski definition) is 3. The van der Waals surface area contributed by atoms with E-state index in [4.69, 9.17) is 9.47 Å². The average molecular weight is 236 g/mol. The largest absolute Gasteiger partial charge is 0.488 e. The lowest BCUT2D eigenvalue weighted by molar-refractivity contribution is 0.00362. The Balaban J connectivity index is 2.14. The van der Waals surface area contributed by atoms with Gasteiger partial charge in [-0.2, -0.15) is 0 Å². The molecule has 0 radical (unpaired) electrons. The molecule has 1 aliphatic rings. The van der Waals surface area contributed by atoms with E-state index < -0.39 is 5.60 Å². The van der Waals surface area contributed by atoms with E-state index in [0.717, 1.165) is 30.8 Å². The Bertz CT molecular complexity index is 362. The van der Waals surface area contributed by atoms with Crippen LogP contribution in [0.2, 0.25) is 0 Å². The Kier molecular flexibility index (Phi) is 3.69. The Morgan fingerprint density at radius 1 is 1.35 bits per heavy atom. The van der Waals surface area contributed by atoms with Crippen LogP contribution in [-0.4, -0.2) is 24.4 Å². The summed E-state index contributed by atoms with van der Waals surface area (Å²) < 4.78 is 11.3. The molecule has 3 nitrogen and oxygen atoms in total. The molecule has 1 saturated heterocycles. The molecule has 1 heterocycles. The van der Waals surface area contributed by atoms with Gasteiger partial charge in [-0.25, -0.2) is 0 Å². The van der Waals surface area contributed by atoms with E-state index in [0.29, 0.717) is 6.61 Å². The summed E-state index contributed by atoms with van der Waals surface area (Å²) in [6, 6.07) is 7.65. The highest BCUT2D eigenvalue weighted by molar-refractivity contribution is 5.37. The fraction of sp³-hybridized carbons (Fsp3) is 0.571. The molecule has 1 N–H and O–H groups in total. The zero-order valence-electron chi connectivity index (χ0n) is 10.5. The third-order valence-electron chi connectivity index (χ3n) is 2.96. The van der Waals surface area contributed by atoms with Crippen molar-refractivity contribution in [2.75, 3.05) is 13.2 Å². The zero-order chi connectivity index (χ0) is 12.3. The van der Waals surface area contributed by atoms with Gasteiger partial charge >= 0.3 is 0 Å². The first-order valence-electron chi connectivity index (χ1n) is 6.13. The summed E-state index contributed by atoms with van der Waals surface area (Å²) in [6.07, 6.45) is 2.16. The monoisotopic (exact) mass is 236 g/mol. The van der Waals surface area contributed by atoms with Crippen molar-refractivity contribution in [1.29, 1.82) is 0 Å². The highest BCUT2D eigenvalue weighted by Gasteiger charge is 2.23. The normalized spacial score (nSPS) is 21.2. The average Bonchev–Trinajstić information content (AvgIpc) is 2.30. The van der Waals surface area contributed by atoms with E-state index in [1.165, 1.54) is 0 Å². The molecule has 1 aromatic rings. The fourth-order valence-corrected chi connectivity index (χ4v) is 2.06. The van der Waals surface area contributed by atoms with Gasteiger partial charge in [0, 0.05) is 12.2 Å². The predicted octanol–water partition coefficient (Wildman–Crippen LogP) is 2.47. The minimum Gasteiger partial charge on any atom is -0.488 e. The van der Waals surface area contributed by atoms with Gasteiger partial charge in [0.1, 0.15) is 11.9 Å². The van der Waals surface area contributed by atoms with Crippen LogP contribution in [0.15, 0.2) is 24.3 Å². The lowest BCUT2D eigenvalue weighted by Gasteiger charge is -2.27. The van der Waals surface area contributed by atoms with Crippen molar-refractivity contribution in [2.24, 2.45) is 0 Å². The summed E-state index contributed by atoms with van der Waals surface area (Å²) in [5, 5.41) is 10.1. The van der Waals surface area contributed by atoms with Gasteiger partial charge in [0.05, 0.1) is 12.2 Å². The Morgan fingerprint density at radius 3 is 2.76 bits per heavy atom. The van der Waals surface area contributed by atoms with Crippen molar-refractivity contribution < 1.29 is 14.6 Å². The number of hydrogen-bond donors (Lipinski definition) is 1. The summed E-state index contributed by atoms with van der Waals surface area (Å²) in [5.41, 5.74) is -0.0582. The minimum atomic E-state index is -0.883. The molecule has 0 aromatic heterocycles. The highest BCUT2D eigenvalue weighted by Crippen LogP contribution is 2.30. The van der Waals surface area contributed by atoms with Gasteiger partial charge in [-0.05, 0) is 32.8 Å². The van der Waals surface area contributed by atoms with Crippen LogP contribution >= 0.6 is 0 Å². The zero-order valence-corrected chi connectivity index (χ0v) is 10.5. The van der Waals surface area contributed by atoms with Crippen LogP contribution in [-0.2, 0) is 10.3 Å². The van der Waals surface area contributed by atoms with Crippen LogP contribution in [0.5, 0.6) is 5.75 Å². The molecule has 1 atom stereocenters. The molecule has 17 heavy (non-hydrogen) atoms. The second kappa shape index (κ2) is 5.07. The molecule has 0 bridgehead atoms. The van der Waals surface area contributed by atoms with Gasteiger partial charge < -0.3 is 14.6 Å². The topological polar surface area (TPSA) is 38.7 Å². The summed E-state index contributed by atoms with van der Waals surface area (Å²) >= 11 is 0. The van der Waals surface area contributed by atoms with E-state index in [2.05, 4.69) is 0 Å². The third-order valence-corrected chi connectivity index (χ3v) is 2.96. The van der Waals surface area contributed by atoms with E-state index in [-0.39, 0.29) is 6.10 Å². The maximum Gasteiger partial charge on any atom is 0.125 e. The van der Waals surface area contributed by atoms with Gasteiger partial charge in [-0.15, -0.1) is 0 Å². The van der Waals surface area contributed by atoms with E-state index in [1.54, 1.807) is 13.8 Å². The van der Waals surface area contributed by atoms with Crippen molar-refractivity contribution in [2.45, 2.75) is 38.4 Å². The summed E-state index contributed by atoms with van der Waals surface area (Å²) in [7, 11) is 0. The van der Waals surface area contributed by atoms with Crippen LogP contribution in [0.25, 0.3) is 0 Å². The predicted molar refractivity (Wildman–Crippen MR) is 66.2 cm³/mol. The van der Waals surface area contributed by atoms with E-state index in [1.807, 2.05) is 24.3 Å². The van der Waals surface area contributed by atoms with Gasteiger partial charge in [0.25, 0.3) is 0 Å². The van der Waals surface area contributed by atoms with Crippen molar-refractivity contribution >= 4 is 0 Å². The van der Waals surface area contributed by atoms with Crippen molar-refractivity contribution in [3.63, 3.8) is 0 Å². The molecule has 0 amide bonds. The molecule has 1 unspecified atom stereocenters. The SMILES string of the molecule is CC(C)(O)c1ccccc1OC1CCCOC1.